The lowest BCUT2D eigenvalue weighted by Crippen LogP contribution is -2.02. The van der Waals surface area contributed by atoms with Crippen LogP contribution in [0, 0.1) is 11.3 Å². The third kappa shape index (κ3) is 3.46. The molecule has 0 aliphatic rings. The average Bonchev–Trinajstić information content (AvgIpc) is 2.84. The predicted molar refractivity (Wildman–Crippen MR) is 125 cm³/mol. The van der Waals surface area contributed by atoms with E-state index in [0.717, 1.165) is 5.56 Å². The van der Waals surface area contributed by atoms with Crippen LogP contribution < -0.4 is 11.4 Å². The van der Waals surface area contributed by atoms with Crippen LogP contribution in [0.4, 0.5) is 5.82 Å². The summed E-state index contributed by atoms with van der Waals surface area (Å²) in [7, 11) is 0. The summed E-state index contributed by atoms with van der Waals surface area (Å²) in [6, 6.07) is 21.3. The molecule has 5 aromatic rings. The van der Waals surface area contributed by atoms with E-state index >= 15 is 0 Å². The summed E-state index contributed by atoms with van der Waals surface area (Å²) in [5, 5.41) is 21.0. The normalized spacial score (nSPS) is 10.8. The van der Waals surface area contributed by atoms with Crippen molar-refractivity contribution in [2.75, 3.05) is 5.73 Å². The minimum atomic E-state index is -0.567. The van der Waals surface area contributed by atoms with Gasteiger partial charge in [-0.05, 0) is 35.4 Å². The van der Waals surface area contributed by atoms with Crippen molar-refractivity contribution in [1.82, 2.24) is 9.97 Å². The molecule has 158 valence electrons. The number of anilines is 1. The Morgan fingerprint density at radius 3 is 2.48 bits per heavy atom. The number of hydrogen-bond acceptors (Lipinski definition) is 7. The standard InChI is InChI=1S/C26H16N4O3/c27-13-20-18(16-7-4-10-29-14-16)11-21(30-26(20)28)24-22(31)9-8-17-19(12-23(32)33-25(17)24)15-5-2-1-3-6-15/h1-12,14,31H,(H2,28,30). The topological polar surface area (TPSA) is 126 Å². The number of hydrogen-bond donors (Lipinski definition) is 2. The maximum absolute atomic E-state index is 12.5. The molecule has 3 aromatic heterocycles. The Kier molecular flexibility index (Phi) is 4.81. The number of nitriles is 1. The third-order valence-electron chi connectivity index (χ3n) is 5.36. The first-order valence-corrected chi connectivity index (χ1v) is 10.0. The van der Waals surface area contributed by atoms with E-state index in [2.05, 4.69) is 16.0 Å². The Morgan fingerprint density at radius 2 is 1.76 bits per heavy atom. The maximum atomic E-state index is 12.5. The second-order valence-corrected chi connectivity index (χ2v) is 7.35. The van der Waals surface area contributed by atoms with Gasteiger partial charge in [-0.25, -0.2) is 9.78 Å². The lowest BCUT2D eigenvalue weighted by Gasteiger charge is -2.13. The van der Waals surface area contributed by atoms with E-state index in [4.69, 9.17) is 10.2 Å². The van der Waals surface area contributed by atoms with Crippen molar-refractivity contribution in [1.29, 1.82) is 5.26 Å². The molecule has 0 unspecified atom stereocenters. The second-order valence-electron chi connectivity index (χ2n) is 7.35. The van der Waals surface area contributed by atoms with Gasteiger partial charge in [0.1, 0.15) is 23.2 Å². The highest BCUT2D eigenvalue weighted by molar-refractivity contribution is 6.02. The molecule has 0 bridgehead atoms. The van der Waals surface area contributed by atoms with Crippen molar-refractivity contribution in [3.8, 4) is 45.3 Å². The Balaban J connectivity index is 1.84. The predicted octanol–water partition coefficient (Wildman–Crippen LogP) is 4.74. The van der Waals surface area contributed by atoms with E-state index < -0.39 is 5.63 Å². The first-order chi connectivity index (χ1) is 16.1. The van der Waals surface area contributed by atoms with Crippen LogP contribution in [0.2, 0.25) is 0 Å². The van der Waals surface area contributed by atoms with Gasteiger partial charge in [-0.15, -0.1) is 0 Å². The molecule has 5 rings (SSSR count). The second kappa shape index (κ2) is 7.94. The highest BCUT2D eigenvalue weighted by Gasteiger charge is 2.20. The van der Waals surface area contributed by atoms with Gasteiger partial charge >= 0.3 is 5.63 Å². The molecule has 7 nitrogen and oxygen atoms in total. The molecule has 7 heteroatoms. The van der Waals surface area contributed by atoms with Gasteiger partial charge in [-0.2, -0.15) is 5.26 Å². The Bertz CT molecular complexity index is 1610. The lowest BCUT2D eigenvalue weighted by atomic mass is 9.96. The molecule has 0 amide bonds. The molecular weight excluding hydrogens is 416 g/mol. The van der Waals surface area contributed by atoms with Gasteiger partial charge in [0.05, 0.1) is 11.3 Å². The molecule has 0 radical (unpaired) electrons. The summed E-state index contributed by atoms with van der Waals surface area (Å²) in [4.78, 5) is 21.0. The number of nitrogens with zero attached hydrogens (tertiary/aromatic N) is 3. The largest absolute Gasteiger partial charge is 0.507 e. The van der Waals surface area contributed by atoms with Crippen LogP contribution in [-0.2, 0) is 0 Å². The SMILES string of the molecule is N#Cc1c(-c2cccnc2)cc(-c2c(O)ccc3c(-c4ccccc4)cc(=O)oc23)nc1N. The van der Waals surface area contributed by atoms with Crippen molar-refractivity contribution in [3.63, 3.8) is 0 Å². The van der Waals surface area contributed by atoms with E-state index in [-0.39, 0.29) is 34.0 Å². The van der Waals surface area contributed by atoms with Crippen LogP contribution >= 0.6 is 0 Å². The number of nitrogens with two attached hydrogens (primary N) is 1. The summed E-state index contributed by atoms with van der Waals surface area (Å²) < 4.78 is 5.56. The highest BCUT2D eigenvalue weighted by Crippen LogP contribution is 2.40. The number of aromatic hydroxyl groups is 1. The molecule has 0 aliphatic carbocycles. The molecule has 3 heterocycles. The van der Waals surface area contributed by atoms with Gasteiger partial charge in [-0.1, -0.05) is 36.4 Å². The fourth-order valence-corrected chi connectivity index (χ4v) is 3.88. The summed E-state index contributed by atoms with van der Waals surface area (Å²) >= 11 is 0. The first kappa shape index (κ1) is 20.0. The Hall–Kier alpha value is -4.96. The van der Waals surface area contributed by atoms with Crippen LogP contribution in [0.1, 0.15) is 5.56 Å². The van der Waals surface area contributed by atoms with Crippen LogP contribution in [0.5, 0.6) is 5.75 Å². The fraction of sp³-hybridized carbons (Fsp3) is 0. The fourth-order valence-electron chi connectivity index (χ4n) is 3.88. The quantitative estimate of drug-likeness (QED) is 0.394. The first-order valence-electron chi connectivity index (χ1n) is 10.0. The molecule has 0 saturated heterocycles. The van der Waals surface area contributed by atoms with Crippen LogP contribution in [0.25, 0.3) is 44.5 Å². The summed E-state index contributed by atoms with van der Waals surface area (Å²) in [6.07, 6.45) is 3.23. The number of aromatic nitrogens is 2. The molecule has 0 spiro atoms. The molecule has 0 atom stereocenters. The zero-order valence-electron chi connectivity index (χ0n) is 17.2. The highest BCUT2D eigenvalue weighted by atomic mass is 16.4. The number of nitrogen functional groups attached to an aromatic ring is 1. The van der Waals surface area contributed by atoms with Crippen molar-refractivity contribution >= 4 is 16.8 Å². The average molecular weight is 432 g/mol. The van der Waals surface area contributed by atoms with Crippen LogP contribution in [0.3, 0.4) is 0 Å². The van der Waals surface area contributed by atoms with Crippen LogP contribution in [-0.4, -0.2) is 15.1 Å². The Morgan fingerprint density at radius 1 is 0.970 bits per heavy atom. The van der Waals surface area contributed by atoms with Crippen molar-refractivity contribution in [2.24, 2.45) is 0 Å². The zero-order chi connectivity index (χ0) is 22.9. The zero-order valence-corrected chi connectivity index (χ0v) is 17.2. The van der Waals surface area contributed by atoms with Gasteiger partial charge in [0.25, 0.3) is 0 Å². The van der Waals surface area contributed by atoms with E-state index in [1.165, 1.54) is 12.1 Å². The summed E-state index contributed by atoms with van der Waals surface area (Å²) in [5.41, 5.74) is 9.06. The molecule has 33 heavy (non-hydrogen) atoms. The van der Waals surface area contributed by atoms with Crippen molar-refractivity contribution in [2.45, 2.75) is 0 Å². The number of rotatable bonds is 3. The molecule has 0 fully saturated rings. The number of phenols is 1. The number of fused-ring (bicyclic) bond motifs is 1. The Labute approximate surface area is 188 Å². The van der Waals surface area contributed by atoms with Gasteiger partial charge < -0.3 is 15.3 Å². The molecule has 0 saturated carbocycles. The molecule has 0 aliphatic heterocycles. The third-order valence-corrected chi connectivity index (χ3v) is 5.36. The van der Waals surface area contributed by atoms with E-state index in [1.54, 1.807) is 36.7 Å². The van der Waals surface area contributed by atoms with Gasteiger partial charge in [0, 0.05) is 35.0 Å². The van der Waals surface area contributed by atoms with Gasteiger partial charge in [0.15, 0.2) is 5.58 Å². The summed E-state index contributed by atoms with van der Waals surface area (Å²) in [6.45, 7) is 0. The van der Waals surface area contributed by atoms with Crippen molar-refractivity contribution in [3.05, 3.63) is 95.1 Å². The number of pyridine rings is 2. The van der Waals surface area contributed by atoms with E-state index in [9.17, 15) is 15.2 Å². The van der Waals surface area contributed by atoms with Crippen LogP contribution in [0.15, 0.2) is 88.3 Å². The molecular formula is C26H16N4O3. The van der Waals surface area contributed by atoms with E-state index in [0.29, 0.717) is 22.1 Å². The number of benzene rings is 2. The van der Waals surface area contributed by atoms with Gasteiger partial charge in [0.2, 0.25) is 0 Å². The number of phenolic OH excluding ortho intramolecular Hbond substituents is 1. The van der Waals surface area contributed by atoms with Gasteiger partial charge in [-0.3, -0.25) is 4.98 Å². The molecule has 2 aromatic carbocycles. The minimum absolute atomic E-state index is 0.00758. The smallest absolute Gasteiger partial charge is 0.336 e. The lowest BCUT2D eigenvalue weighted by molar-refractivity contribution is 0.475. The summed E-state index contributed by atoms with van der Waals surface area (Å²) in [5.74, 6) is -0.142. The molecule has 3 N–H and O–H groups in total. The van der Waals surface area contributed by atoms with E-state index in [1.807, 2.05) is 30.3 Å². The van der Waals surface area contributed by atoms with Crippen molar-refractivity contribution < 1.29 is 9.52 Å². The monoisotopic (exact) mass is 432 g/mol. The maximum Gasteiger partial charge on any atom is 0.336 e. The minimum Gasteiger partial charge on any atom is -0.507 e.